The van der Waals surface area contributed by atoms with E-state index in [-0.39, 0.29) is 0 Å². The lowest BCUT2D eigenvalue weighted by Crippen LogP contribution is -1.99. The number of halogens is 1. The van der Waals surface area contributed by atoms with Gasteiger partial charge >= 0.3 is 5.97 Å². The molecule has 3 nitrogen and oxygen atoms in total. The highest BCUT2D eigenvalue weighted by Gasteiger charge is 1.93. The van der Waals surface area contributed by atoms with E-state index < -0.39 is 5.97 Å². The average molecular weight is 254 g/mol. The Morgan fingerprint density at radius 3 is 3.00 bits per heavy atom. The number of esters is 1. The summed E-state index contributed by atoms with van der Waals surface area (Å²) in [6, 6.07) is 3.53. The molecule has 0 fully saturated rings. The highest BCUT2D eigenvalue weighted by molar-refractivity contribution is 9.10. The van der Waals surface area contributed by atoms with Crippen LogP contribution in [0, 0.1) is 11.8 Å². The van der Waals surface area contributed by atoms with Crippen LogP contribution in [-0.4, -0.2) is 17.6 Å². The maximum absolute atomic E-state index is 10.9. The second kappa shape index (κ2) is 5.40. The molecule has 0 saturated carbocycles. The van der Waals surface area contributed by atoms with Crippen LogP contribution in [0.1, 0.15) is 12.5 Å². The van der Waals surface area contributed by atoms with E-state index in [1.54, 1.807) is 25.3 Å². The summed E-state index contributed by atoms with van der Waals surface area (Å²) in [5.74, 6) is 4.48. The van der Waals surface area contributed by atoms with Crippen LogP contribution in [0.2, 0.25) is 0 Å². The van der Waals surface area contributed by atoms with Crippen molar-refractivity contribution in [1.29, 1.82) is 0 Å². The van der Waals surface area contributed by atoms with Crippen molar-refractivity contribution in [3.8, 4) is 11.8 Å². The third-order valence-corrected chi connectivity index (χ3v) is 1.78. The molecule has 1 aromatic heterocycles. The van der Waals surface area contributed by atoms with Crippen LogP contribution >= 0.6 is 15.9 Å². The number of nitrogens with zero attached hydrogens (tertiary/aromatic N) is 1. The molecular weight excluding hydrogens is 246 g/mol. The largest absolute Gasteiger partial charge is 0.456 e. The Hall–Kier alpha value is -1.34. The highest BCUT2D eigenvalue weighted by atomic mass is 79.9. The lowest BCUT2D eigenvalue weighted by molar-refractivity contribution is -0.136. The Balaban J connectivity index is 2.68. The fourth-order valence-corrected chi connectivity index (χ4v) is 0.975. The third kappa shape index (κ3) is 3.58. The Kier molecular flexibility index (Phi) is 4.14. The van der Waals surface area contributed by atoms with Gasteiger partial charge in [0.15, 0.2) is 0 Å². The fourth-order valence-electron chi connectivity index (χ4n) is 0.740. The van der Waals surface area contributed by atoms with E-state index in [9.17, 15) is 4.79 Å². The lowest BCUT2D eigenvalue weighted by atomic mass is 10.3. The molecule has 0 saturated heterocycles. The molecule has 4 heteroatoms. The topological polar surface area (TPSA) is 39.2 Å². The van der Waals surface area contributed by atoms with Crippen molar-refractivity contribution in [3.05, 3.63) is 28.5 Å². The van der Waals surface area contributed by atoms with Gasteiger partial charge in [0, 0.05) is 17.7 Å². The Morgan fingerprint density at radius 2 is 2.43 bits per heavy atom. The normalized spacial score (nSPS) is 8.71. The molecule has 1 rings (SSSR count). The maximum Gasteiger partial charge on any atom is 0.384 e. The summed E-state index contributed by atoms with van der Waals surface area (Å²) in [4.78, 5) is 14.8. The maximum atomic E-state index is 10.9. The summed E-state index contributed by atoms with van der Waals surface area (Å²) in [5, 5.41) is 0. The summed E-state index contributed by atoms with van der Waals surface area (Å²) in [7, 11) is 0. The van der Waals surface area contributed by atoms with Gasteiger partial charge < -0.3 is 4.74 Å². The second-order valence-corrected chi connectivity index (χ2v) is 3.15. The predicted molar refractivity (Wildman–Crippen MR) is 55.4 cm³/mol. The number of pyridine rings is 1. The molecule has 0 aromatic carbocycles. The quantitative estimate of drug-likeness (QED) is 0.435. The lowest BCUT2D eigenvalue weighted by Gasteiger charge is -1.91. The Morgan fingerprint density at radius 1 is 1.64 bits per heavy atom. The van der Waals surface area contributed by atoms with Gasteiger partial charge in [0.1, 0.15) is 4.60 Å². The highest BCUT2D eigenvalue weighted by Crippen LogP contribution is 2.04. The smallest absolute Gasteiger partial charge is 0.384 e. The van der Waals surface area contributed by atoms with Crippen molar-refractivity contribution in [2.75, 3.05) is 6.61 Å². The second-order valence-electron chi connectivity index (χ2n) is 2.34. The Bertz CT molecular complexity index is 375. The predicted octanol–water partition coefficient (Wildman–Crippen LogP) is 1.76. The van der Waals surface area contributed by atoms with Crippen molar-refractivity contribution in [2.45, 2.75) is 6.92 Å². The molecule has 0 atom stereocenters. The summed E-state index contributed by atoms with van der Waals surface area (Å²) in [6.45, 7) is 2.08. The van der Waals surface area contributed by atoms with E-state index in [1.807, 2.05) is 0 Å². The molecule has 0 unspecified atom stereocenters. The van der Waals surface area contributed by atoms with Gasteiger partial charge in [-0.3, -0.25) is 0 Å². The van der Waals surface area contributed by atoms with Crippen LogP contribution in [0.5, 0.6) is 0 Å². The van der Waals surface area contributed by atoms with E-state index in [1.165, 1.54) is 0 Å². The monoisotopic (exact) mass is 253 g/mol. The number of rotatable bonds is 1. The molecule has 0 amide bonds. The number of hydrogen-bond acceptors (Lipinski definition) is 3. The van der Waals surface area contributed by atoms with Crippen molar-refractivity contribution in [2.24, 2.45) is 0 Å². The molecule has 0 aliphatic carbocycles. The number of aromatic nitrogens is 1. The van der Waals surface area contributed by atoms with Crippen molar-refractivity contribution >= 4 is 21.9 Å². The summed E-state index contributed by atoms with van der Waals surface area (Å²) in [6.07, 6.45) is 1.58. The van der Waals surface area contributed by atoms with E-state index in [0.29, 0.717) is 12.2 Å². The zero-order valence-electron chi connectivity index (χ0n) is 7.58. The van der Waals surface area contributed by atoms with Gasteiger partial charge in [-0.1, -0.05) is 5.92 Å². The van der Waals surface area contributed by atoms with Gasteiger partial charge in [-0.05, 0) is 35.0 Å². The average Bonchev–Trinajstić information content (AvgIpc) is 2.17. The van der Waals surface area contributed by atoms with Crippen LogP contribution in [0.15, 0.2) is 22.9 Å². The van der Waals surface area contributed by atoms with Crippen LogP contribution in [0.4, 0.5) is 0 Å². The number of carbonyl (C=O) groups excluding carboxylic acids is 1. The molecule has 0 aliphatic heterocycles. The first-order valence-electron chi connectivity index (χ1n) is 4.02. The first-order chi connectivity index (χ1) is 6.72. The van der Waals surface area contributed by atoms with Gasteiger partial charge in [0.25, 0.3) is 0 Å². The van der Waals surface area contributed by atoms with Crippen molar-refractivity contribution < 1.29 is 9.53 Å². The van der Waals surface area contributed by atoms with Gasteiger partial charge in [-0.15, -0.1) is 0 Å². The van der Waals surface area contributed by atoms with E-state index in [4.69, 9.17) is 0 Å². The van der Waals surface area contributed by atoms with E-state index >= 15 is 0 Å². The van der Waals surface area contributed by atoms with Gasteiger partial charge in [0.2, 0.25) is 0 Å². The summed E-state index contributed by atoms with van der Waals surface area (Å²) in [5.41, 5.74) is 0.682. The standard InChI is InChI=1S/C10H8BrNO2/c1-2-14-10(13)6-4-8-3-5-9(11)12-7-8/h3,5,7H,2H2,1H3. The fraction of sp³-hybridized carbons (Fsp3) is 0.200. The molecule has 72 valence electrons. The van der Waals surface area contributed by atoms with Crippen molar-refractivity contribution in [3.63, 3.8) is 0 Å². The summed E-state index contributed by atoms with van der Waals surface area (Å²) < 4.78 is 5.38. The number of hydrogen-bond donors (Lipinski definition) is 0. The molecule has 0 aliphatic rings. The van der Waals surface area contributed by atoms with Gasteiger partial charge in [0.05, 0.1) is 6.61 Å². The third-order valence-electron chi connectivity index (χ3n) is 1.31. The molecule has 14 heavy (non-hydrogen) atoms. The van der Waals surface area contributed by atoms with Gasteiger partial charge in [-0.2, -0.15) is 0 Å². The van der Waals surface area contributed by atoms with Crippen LogP contribution in [0.3, 0.4) is 0 Å². The minimum absolute atomic E-state index is 0.339. The van der Waals surface area contributed by atoms with E-state index in [0.717, 1.165) is 4.60 Å². The summed E-state index contributed by atoms with van der Waals surface area (Å²) >= 11 is 3.20. The van der Waals surface area contributed by atoms with Gasteiger partial charge in [-0.25, -0.2) is 9.78 Å². The SMILES string of the molecule is CCOC(=O)C#Cc1ccc(Br)nc1. The molecule has 0 spiro atoms. The molecular formula is C10H8BrNO2. The molecule has 0 N–H and O–H groups in total. The molecule has 0 radical (unpaired) electrons. The van der Waals surface area contributed by atoms with Crippen molar-refractivity contribution in [1.82, 2.24) is 4.98 Å². The minimum Gasteiger partial charge on any atom is -0.456 e. The number of ether oxygens (including phenoxy) is 1. The Labute approximate surface area is 90.6 Å². The van der Waals surface area contributed by atoms with Crippen LogP contribution < -0.4 is 0 Å². The van der Waals surface area contributed by atoms with Crippen LogP contribution in [-0.2, 0) is 9.53 Å². The molecule has 1 aromatic rings. The zero-order valence-corrected chi connectivity index (χ0v) is 9.17. The van der Waals surface area contributed by atoms with E-state index in [2.05, 4.69) is 37.5 Å². The number of carbonyl (C=O) groups is 1. The molecule has 0 bridgehead atoms. The van der Waals surface area contributed by atoms with Crippen LogP contribution in [0.25, 0.3) is 0 Å². The first kappa shape index (κ1) is 10.7. The molecule has 1 heterocycles. The minimum atomic E-state index is -0.518. The zero-order chi connectivity index (χ0) is 10.4. The first-order valence-corrected chi connectivity index (χ1v) is 4.82.